The molecule has 0 bridgehead atoms. The van der Waals surface area contributed by atoms with Crippen LogP contribution in [0.25, 0.3) is 0 Å². The zero-order valence-electron chi connectivity index (χ0n) is 9.80. The Kier molecular flexibility index (Phi) is 3.93. The third-order valence-corrected chi connectivity index (χ3v) is 2.30. The van der Waals surface area contributed by atoms with E-state index >= 15 is 0 Å². The number of hydrogen-bond donors (Lipinski definition) is 1. The zero-order valence-corrected chi connectivity index (χ0v) is 9.80. The number of rotatable bonds is 5. The molecular formula is C10H11F3N6. The average molecular weight is 272 g/mol. The molecule has 0 unspecified atom stereocenters. The molecule has 0 spiro atoms. The Morgan fingerprint density at radius 2 is 2.05 bits per heavy atom. The van der Waals surface area contributed by atoms with Crippen molar-refractivity contribution in [1.29, 1.82) is 0 Å². The van der Waals surface area contributed by atoms with Crippen LogP contribution < -0.4 is 5.32 Å². The van der Waals surface area contributed by atoms with Crippen LogP contribution in [0.3, 0.4) is 0 Å². The van der Waals surface area contributed by atoms with Crippen molar-refractivity contribution in [3.63, 3.8) is 0 Å². The average Bonchev–Trinajstić information content (AvgIpc) is 2.87. The molecule has 6 nitrogen and oxygen atoms in total. The summed E-state index contributed by atoms with van der Waals surface area (Å²) in [6.45, 7) is 1.22. The molecule has 19 heavy (non-hydrogen) atoms. The summed E-state index contributed by atoms with van der Waals surface area (Å²) >= 11 is 0. The van der Waals surface area contributed by atoms with E-state index in [9.17, 15) is 13.2 Å². The third kappa shape index (κ3) is 3.90. The number of nitrogens with zero attached hydrogens (tertiary/aromatic N) is 5. The highest BCUT2D eigenvalue weighted by atomic mass is 19.4. The first-order valence-corrected chi connectivity index (χ1v) is 5.54. The maximum Gasteiger partial charge on any atom is 0.435 e. The van der Waals surface area contributed by atoms with E-state index in [0.29, 0.717) is 18.9 Å². The summed E-state index contributed by atoms with van der Waals surface area (Å²) in [5.41, 5.74) is -0.999. The molecule has 0 amide bonds. The number of hydrogen-bond acceptors (Lipinski definition) is 5. The quantitative estimate of drug-likeness (QED) is 0.837. The van der Waals surface area contributed by atoms with Crippen LogP contribution in [0, 0.1) is 0 Å². The number of halogens is 3. The van der Waals surface area contributed by atoms with E-state index < -0.39 is 11.9 Å². The summed E-state index contributed by atoms with van der Waals surface area (Å²) in [5.74, 6) is 0.312. The molecule has 0 aliphatic heterocycles. The van der Waals surface area contributed by atoms with Crippen LogP contribution in [0.4, 0.5) is 19.0 Å². The first kappa shape index (κ1) is 13.2. The van der Waals surface area contributed by atoms with Gasteiger partial charge in [-0.1, -0.05) is 5.21 Å². The van der Waals surface area contributed by atoms with E-state index in [1.165, 1.54) is 6.07 Å². The highest BCUT2D eigenvalue weighted by Crippen LogP contribution is 2.26. The van der Waals surface area contributed by atoms with Gasteiger partial charge in [0.1, 0.15) is 5.82 Å². The molecule has 2 aromatic heterocycles. The molecule has 0 aliphatic rings. The van der Waals surface area contributed by atoms with E-state index in [1.807, 2.05) is 0 Å². The van der Waals surface area contributed by atoms with E-state index in [-0.39, 0.29) is 0 Å². The van der Waals surface area contributed by atoms with Gasteiger partial charge in [-0.25, -0.2) is 0 Å². The maximum absolute atomic E-state index is 12.2. The Hall–Kier alpha value is -2.19. The van der Waals surface area contributed by atoms with Gasteiger partial charge in [-0.15, -0.1) is 15.3 Å². The Morgan fingerprint density at radius 1 is 1.21 bits per heavy atom. The lowest BCUT2D eigenvalue weighted by atomic mass is 10.3. The molecule has 0 aliphatic carbocycles. The predicted octanol–water partition coefficient (Wildman–Crippen LogP) is 1.59. The summed E-state index contributed by atoms with van der Waals surface area (Å²) in [7, 11) is 0. The predicted molar refractivity (Wildman–Crippen MR) is 60.2 cm³/mol. The minimum absolute atomic E-state index is 0.312. The Bertz CT molecular complexity index is 493. The van der Waals surface area contributed by atoms with E-state index in [0.717, 1.165) is 12.5 Å². The lowest BCUT2D eigenvalue weighted by Gasteiger charge is -2.07. The maximum atomic E-state index is 12.2. The van der Waals surface area contributed by atoms with Gasteiger partial charge in [0.05, 0.1) is 6.20 Å². The molecule has 0 saturated carbocycles. The van der Waals surface area contributed by atoms with Crippen molar-refractivity contribution < 1.29 is 13.2 Å². The summed E-state index contributed by atoms with van der Waals surface area (Å²) in [6, 6.07) is 2.15. The minimum Gasteiger partial charge on any atom is -0.369 e. The van der Waals surface area contributed by atoms with Crippen LogP contribution in [0.2, 0.25) is 0 Å². The van der Waals surface area contributed by atoms with Gasteiger partial charge < -0.3 is 5.32 Å². The van der Waals surface area contributed by atoms with Crippen molar-refractivity contribution >= 4 is 5.82 Å². The fraction of sp³-hybridized carbons (Fsp3) is 0.400. The lowest BCUT2D eigenvalue weighted by molar-refractivity contribution is -0.141. The fourth-order valence-corrected chi connectivity index (χ4v) is 1.39. The van der Waals surface area contributed by atoms with Crippen molar-refractivity contribution in [2.45, 2.75) is 19.1 Å². The van der Waals surface area contributed by atoms with E-state index in [1.54, 1.807) is 17.1 Å². The van der Waals surface area contributed by atoms with Crippen LogP contribution in [-0.4, -0.2) is 31.7 Å². The van der Waals surface area contributed by atoms with Crippen LogP contribution in [0.5, 0.6) is 0 Å². The number of anilines is 1. The van der Waals surface area contributed by atoms with Gasteiger partial charge in [-0.2, -0.15) is 13.2 Å². The normalized spacial score (nSPS) is 11.5. The summed E-state index contributed by atoms with van der Waals surface area (Å²) in [4.78, 5) is 0. The van der Waals surface area contributed by atoms with Gasteiger partial charge >= 0.3 is 6.18 Å². The van der Waals surface area contributed by atoms with Gasteiger partial charge in [0.25, 0.3) is 0 Å². The first-order chi connectivity index (χ1) is 9.05. The van der Waals surface area contributed by atoms with Crippen LogP contribution in [0.1, 0.15) is 12.1 Å². The summed E-state index contributed by atoms with van der Waals surface area (Å²) < 4.78 is 38.4. The molecule has 0 fully saturated rings. The second-order valence-corrected chi connectivity index (χ2v) is 3.75. The topological polar surface area (TPSA) is 68.5 Å². The molecule has 1 N–H and O–H groups in total. The zero-order chi connectivity index (χ0) is 13.7. The van der Waals surface area contributed by atoms with Gasteiger partial charge in [-0.3, -0.25) is 4.68 Å². The van der Waals surface area contributed by atoms with Crippen molar-refractivity contribution in [3.8, 4) is 0 Å². The Labute approximate surface area is 106 Å². The molecular weight excluding hydrogens is 261 g/mol. The standard InChI is InChI=1S/C10H11F3N6/c11-10(12,13)8-2-3-9(17-16-8)14-4-1-6-19-7-5-15-18-19/h2-3,5,7H,1,4,6H2,(H,14,17). The molecule has 2 rings (SSSR count). The highest BCUT2D eigenvalue weighted by Gasteiger charge is 2.32. The third-order valence-electron chi connectivity index (χ3n) is 2.30. The molecule has 0 aromatic carbocycles. The largest absolute Gasteiger partial charge is 0.435 e. The molecule has 2 heterocycles. The Morgan fingerprint density at radius 3 is 2.63 bits per heavy atom. The minimum atomic E-state index is -4.46. The van der Waals surface area contributed by atoms with Crippen LogP contribution in [-0.2, 0) is 12.7 Å². The lowest BCUT2D eigenvalue weighted by Crippen LogP contribution is -2.12. The van der Waals surface area contributed by atoms with Gasteiger partial charge in [0.2, 0.25) is 0 Å². The van der Waals surface area contributed by atoms with Crippen molar-refractivity contribution in [2.24, 2.45) is 0 Å². The smallest absolute Gasteiger partial charge is 0.369 e. The second-order valence-electron chi connectivity index (χ2n) is 3.75. The molecule has 2 aromatic rings. The van der Waals surface area contributed by atoms with E-state index in [2.05, 4.69) is 25.8 Å². The molecule has 9 heteroatoms. The number of aryl methyl sites for hydroxylation is 1. The van der Waals surface area contributed by atoms with E-state index in [4.69, 9.17) is 0 Å². The Balaban J connectivity index is 1.77. The monoisotopic (exact) mass is 272 g/mol. The molecule has 0 radical (unpaired) electrons. The summed E-state index contributed by atoms with van der Waals surface area (Å²) in [5, 5.41) is 16.9. The van der Waals surface area contributed by atoms with Gasteiger partial charge in [0, 0.05) is 19.3 Å². The fourth-order valence-electron chi connectivity index (χ4n) is 1.39. The number of nitrogens with one attached hydrogen (secondary N) is 1. The first-order valence-electron chi connectivity index (χ1n) is 5.54. The van der Waals surface area contributed by atoms with Gasteiger partial charge in [-0.05, 0) is 18.6 Å². The van der Waals surface area contributed by atoms with Gasteiger partial charge in [0.15, 0.2) is 5.69 Å². The number of aromatic nitrogens is 5. The number of alkyl halides is 3. The van der Waals surface area contributed by atoms with Crippen molar-refractivity contribution in [2.75, 3.05) is 11.9 Å². The SMILES string of the molecule is FC(F)(F)c1ccc(NCCCn2ccnn2)nn1. The van der Waals surface area contributed by atoms with Crippen LogP contribution in [0.15, 0.2) is 24.5 Å². The second kappa shape index (κ2) is 5.63. The highest BCUT2D eigenvalue weighted by molar-refractivity contribution is 5.33. The molecule has 0 atom stereocenters. The summed E-state index contributed by atoms with van der Waals surface area (Å²) in [6.07, 6.45) is -0.405. The van der Waals surface area contributed by atoms with Crippen molar-refractivity contribution in [1.82, 2.24) is 25.2 Å². The molecule has 102 valence electrons. The van der Waals surface area contributed by atoms with Crippen LogP contribution >= 0.6 is 0 Å². The van der Waals surface area contributed by atoms with Crippen molar-refractivity contribution in [3.05, 3.63) is 30.2 Å². The molecule has 0 saturated heterocycles.